The number of phenols is 1. The molecule has 2 aromatic rings. The number of aliphatic hydroxyl groups excluding tert-OH is 2. The lowest BCUT2D eigenvalue weighted by molar-refractivity contribution is 0.0650. The summed E-state index contributed by atoms with van der Waals surface area (Å²) in [4.78, 5) is 0. The first kappa shape index (κ1) is 16.0. The molecular formula is C20H24O3. The first-order valence-electron chi connectivity index (χ1n) is 8.29. The zero-order valence-corrected chi connectivity index (χ0v) is 13.2. The molecule has 122 valence electrons. The monoisotopic (exact) mass is 312 g/mol. The fraction of sp³-hybridized carbons (Fsp3) is 0.400. The Balaban J connectivity index is 1.75. The summed E-state index contributed by atoms with van der Waals surface area (Å²) in [5, 5.41) is 28.8. The molecule has 3 rings (SSSR count). The van der Waals surface area contributed by atoms with E-state index in [1.54, 1.807) is 12.1 Å². The minimum atomic E-state index is -0.313. The first-order valence-corrected chi connectivity index (χ1v) is 8.29. The Labute approximate surface area is 137 Å². The molecule has 0 aromatic heterocycles. The minimum Gasteiger partial charge on any atom is -0.508 e. The number of benzene rings is 2. The van der Waals surface area contributed by atoms with Crippen LogP contribution in [0.4, 0.5) is 0 Å². The number of rotatable bonds is 4. The number of hydrogen-bond donors (Lipinski definition) is 3. The van der Waals surface area contributed by atoms with E-state index in [1.165, 1.54) is 11.1 Å². The minimum absolute atomic E-state index is 0.154. The lowest BCUT2D eigenvalue weighted by Crippen LogP contribution is -2.27. The summed E-state index contributed by atoms with van der Waals surface area (Å²) in [6, 6.07) is 15.8. The van der Waals surface area contributed by atoms with E-state index in [0.717, 1.165) is 24.8 Å². The smallest absolute Gasteiger partial charge is 0.115 e. The van der Waals surface area contributed by atoms with Gasteiger partial charge in [0.25, 0.3) is 0 Å². The lowest BCUT2D eigenvalue weighted by atomic mass is 9.76. The van der Waals surface area contributed by atoms with Crippen molar-refractivity contribution >= 4 is 0 Å². The highest BCUT2D eigenvalue weighted by Crippen LogP contribution is 2.36. The molecule has 0 radical (unpaired) electrons. The van der Waals surface area contributed by atoms with Gasteiger partial charge < -0.3 is 15.3 Å². The second-order valence-electron chi connectivity index (χ2n) is 6.69. The third-order valence-electron chi connectivity index (χ3n) is 4.81. The standard InChI is InChI=1S/C20H24O3/c21-13-16-10-18(12-20(23)11-16)17-3-1-2-15(9-17)8-14-4-6-19(22)7-5-14/h1-7,9,16,18,20-23H,8,10-13H2. The van der Waals surface area contributed by atoms with E-state index in [2.05, 4.69) is 24.3 Å². The van der Waals surface area contributed by atoms with Crippen LogP contribution in [-0.4, -0.2) is 28.0 Å². The topological polar surface area (TPSA) is 60.7 Å². The van der Waals surface area contributed by atoms with Crippen LogP contribution < -0.4 is 0 Å². The molecule has 0 heterocycles. The Kier molecular flexibility index (Phi) is 4.99. The fourth-order valence-corrected chi connectivity index (χ4v) is 3.63. The average Bonchev–Trinajstić information content (AvgIpc) is 2.56. The van der Waals surface area contributed by atoms with Gasteiger partial charge in [0.1, 0.15) is 5.75 Å². The molecule has 1 fully saturated rings. The molecule has 1 aliphatic rings. The quantitative estimate of drug-likeness (QED) is 0.812. The van der Waals surface area contributed by atoms with Crippen molar-refractivity contribution in [2.75, 3.05) is 6.61 Å². The average molecular weight is 312 g/mol. The van der Waals surface area contributed by atoms with Crippen molar-refractivity contribution in [1.82, 2.24) is 0 Å². The number of aliphatic hydroxyl groups is 2. The predicted molar refractivity (Wildman–Crippen MR) is 90.5 cm³/mol. The molecule has 2 aromatic carbocycles. The second kappa shape index (κ2) is 7.16. The van der Waals surface area contributed by atoms with Crippen LogP contribution >= 0.6 is 0 Å². The Morgan fingerprint density at radius 3 is 2.43 bits per heavy atom. The number of aromatic hydroxyl groups is 1. The zero-order valence-electron chi connectivity index (χ0n) is 13.2. The molecule has 0 bridgehead atoms. The third-order valence-corrected chi connectivity index (χ3v) is 4.81. The van der Waals surface area contributed by atoms with Gasteiger partial charge in [-0.15, -0.1) is 0 Å². The van der Waals surface area contributed by atoms with Gasteiger partial charge >= 0.3 is 0 Å². The maximum absolute atomic E-state index is 10.0. The SMILES string of the molecule is OCC1CC(O)CC(c2cccc(Cc3ccc(O)cc3)c2)C1. The van der Waals surface area contributed by atoms with Crippen LogP contribution in [0, 0.1) is 5.92 Å². The van der Waals surface area contributed by atoms with Gasteiger partial charge in [-0.3, -0.25) is 0 Å². The van der Waals surface area contributed by atoms with Crippen LogP contribution in [0.5, 0.6) is 5.75 Å². The molecular weight excluding hydrogens is 288 g/mol. The molecule has 3 nitrogen and oxygen atoms in total. The molecule has 23 heavy (non-hydrogen) atoms. The van der Waals surface area contributed by atoms with Crippen molar-refractivity contribution in [3.8, 4) is 5.75 Å². The zero-order chi connectivity index (χ0) is 16.2. The lowest BCUT2D eigenvalue weighted by Gasteiger charge is -2.32. The van der Waals surface area contributed by atoms with Crippen LogP contribution in [0.15, 0.2) is 48.5 Å². The summed E-state index contributed by atoms with van der Waals surface area (Å²) < 4.78 is 0. The maximum Gasteiger partial charge on any atom is 0.115 e. The Morgan fingerprint density at radius 1 is 0.913 bits per heavy atom. The van der Waals surface area contributed by atoms with E-state index in [1.807, 2.05) is 12.1 Å². The van der Waals surface area contributed by atoms with E-state index in [9.17, 15) is 15.3 Å². The van der Waals surface area contributed by atoms with Gasteiger partial charge in [-0.25, -0.2) is 0 Å². The molecule has 3 N–H and O–H groups in total. The predicted octanol–water partition coefficient (Wildman–Crippen LogP) is 3.22. The molecule has 1 aliphatic carbocycles. The molecule has 3 unspecified atom stereocenters. The molecule has 0 amide bonds. The van der Waals surface area contributed by atoms with E-state index >= 15 is 0 Å². The van der Waals surface area contributed by atoms with Crippen molar-refractivity contribution in [3.63, 3.8) is 0 Å². The normalized spacial score (nSPS) is 24.5. The van der Waals surface area contributed by atoms with Crippen molar-refractivity contribution in [2.45, 2.75) is 37.7 Å². The molecule has 0 spiro atoms. The van der Waals surface area contributed by atoms with E-state index in [-0.39, 0.29) is 24.4 Å². The highest BCUT2D eigenvalue weighted by Gasteiger charge is 2.28. The van der Waals surface area contributed by atoms with Gasteiger partial charge in [-0.2, -0.15) is 0 Å². The van der Waals surface area contributed by atoms with Gasteiger partial charge in [0, 0.05) is 6.61 Å². The molecule has 3 heteroatoms. The van der Waals surface area contributed by atoms with E-state index < -0.39 is 0 Å². The number of hydrogen-bond acceptors (Lipinski definition) is 3. The number of phenolic OH excluding ortho intramolecular Hbond substituents is 1. The summed E-state index contributed by atoms with van der Waals surface area (Å²) >= 11 is 0. The highest BCUT2D eigenvalue weighted by molar-refractivity contribution is 5.33. The van der Waals surface area contributed by atoms with Gasteiger partial charge in [0.15, 0.2) is 0 Å². The van der Waals surface area contributed by atoms with Crippen LogP contribution in [-0.2, 0) is 6.42 Å². The molecule has 1 saturated carbocycles. The van der Waals surface area contributed by atoms with E-state index in [0.29, 0.717) is 12.3 Å². The van der Waals surface area contributed by atoms with Crippen LogP contribution in [0.3, 0.4) is 0 Å². The van der Waals surface area contributed by atoms with Crippen LogP contribution in [0.25, 0.3) is 0 Å². The largest absolute Gasteiger partial charge is 0.508 e. The van der Waals surface area contributed by atoms with Crippen molar-refractivity contribution in [2.24, 2.45) is 5.92 Å². The Bertz CT molecular complexity index is 636. The van der Waals surface area contributed by atoms with Gasteiger partial charge in [-0.1, -0.05) is 36.4 Å². The summed E-state index contributed by atoms with van der Waals surface area (Å²) in [5.74, 6) is 0.800. The molecule has 3 atom stereocenters. The Hall–Kier alpha value is -1.84. The van der Waals surface area contributed by atoms with Crippen LogP contribution in [0.1, 0.15) is 41.9 Å². The van der Waals surface area contributed by atoms with E-state index in [4.69, 9.17) is 0 Å². The summed E-state index contributed by atoms with van der Waals surface area (Å²) in [6.07, 6.45) is 2.94. The highest BCUT2D eigenvalue weighted by atomic mass is 16.3. The third kappa shape index (κ3) is 4.12. The first-order chi connectivity index (χ1) is 11.1. The van der Waals surface area contributed by atoms with Crippen molar-refractivity contribution in [1.29, 1.82) is 0 Å². The second-order valence-corrected chi connectivity index (χ2v) is 6.69. The van der Waals surface area contributed by atoms with Gasteiger partial charge in [-0.05, 0) is 66.3 Å². The summed E-state index contributed by atoms with van der Waals surface area (Å²) in [5.41, 5.74) is 3.64. The fourth-order valence-electron chi connectivity index (χ4n) is 3.63. The van der Waals surface area contributed by atoms with Crippen molar-refractivity contribution < 1.29 is 15.3 Å². The summed E-state index contributed by atoms with van der Waals surface area (Å²) in [6.45, 7) is 0.154. The molecule has 0 saturated heterocycles. The molecule has 0 aliphatic heterocycles. The van der Waals surface area contributed by atoms with Gasteiger partial charge in [0.2, 0.25) is 0 Å². The van der Waals surface area contributed by atoms with Crippen LogP contribution in [0.2, 0.25) is 0 Å². The maximum atomic E-state index is 10.0. The summed E-state index contributed by atoms with van der Waals surface area (Å²) in [7, 11) is 0. The van der Waals surface area contributed by atoms with Gasteiger partial charge in [0.05, 0.1) is 6.10 Å². The van der Waals surface area contributed by atoms with Crippen molar-refractivity contribution in [3.05, 3.63) is 65.2 Å². The Morgan fingerprint density at radius 2 is 1.70 bits per heavy atom.